The molecule has 1 saturated heterocycles. The SMILES string of the molecule is CSCC[C@@H](NC(=O)c1ccccc1Cl)C(=O)N1C[C@H](C)O[C@@H](C)C1. The molecule has 1 fully saturated rings. The predicted octanol–water partition coefficient (Wildman–Crippen LogP) is 2.83. The fourth-order valence-electron chi connectivity index (χ4n) is 2.95. The second-order valence-electron chi connectivity index (χ2n) is 6.29. The van der Waals surface area contributed by atoms with Crippen LogP contribution in [0.2, 0.25) is 5.02 Å². The van der Waals surface area contributed by atoms with Crippen molar-refractivity contribution in [1.29, 1.82) is 0 Å². The molecule has 1 aliphatic heterocycles. The maximum Gasteiger partial charge on any atom is 0.253 e. The van der Waals surface area contributed by atoms with E-state index in [2.05, 4.69) is 5.32 Å². The highest BCUT2D eigenvalue weighted by atomic mass is 35.5. The van der Waals surface area contributed by atoms with E-state index in [1.807, 2.05) is 20.1 Å². The number of amides is 2. The Labute approximate surface area is 158 Å². The molecule has 0 bridgehead atoms. The first-order valence-corrected chi connectivity index (χ1v) is 10.2. The molecule has 3 atom stereocenters. The molecule has 0 radical (unpaired) electrons. The van der Waals surface area contributed by atoms with Crippen molar-refractivity contribution in [3.63, 3.8) is 0 Å². The fraction of sp³-hybridized carbons (Fsp3) is 0.556. The van der Waals surface area contributed by atoms with E-state index in [0.717, 1.165) is 5.75 Å². The topological polar surface area (TPSA) is 58.6 Å². The predicted molar refractivity (Wildman–Crippen MR) is 102 cm³/mol. The molecule has 7 heteroatoms. The van der Waals surface area contributed by atoms with Gasteiger partial charge in [-0.15, -0.1) is 0 Å². The number of nitrogens with zero attached hydrogens (tertiary/aromatic N) is 1. The number of ether oxygens (including phenoxy) is 1. The van der Waals surface area contributed by atoms with Crippen LogP contribution in [0.4, 0.5) is 0 Å². The van der Waals surface area contributed by atoms with Crippen molar-refractivity contribution in [3.05, 3.63) is 34.9 Å². The third kappa shape index (κ3) is 5.62. The quantitative estimate of drug-likeness (QED) is 0.819. The third-order valence-corrected chi connectivity index (χ3v) is 5.04. The summed E-state index contributed by atoms with van der Waals surface area (Å²) in [5.41, 5.74) is 0.384. The van der Waals surface area contributed by atoms with Crippen LogP contribution in [0.25, 0.3) is 0 Å². The van der Waals surface area contributed by atoms with Crippen molar-refractivity contribution < 1.29 is 14.3 Å². The Morgan fingerprint density at radius 1 is 1.32 bits per heavy atom. The van der Waals surface area contributed by atoms with E-state index in [1.54, 1.807) is 40.9 Å². The van der Waals surface area contributed by atoms with Crippen LogP contribution >= 0.6 is 23.4 Å². The molecular formula is C18H25ClN2O3S. The first-order valence-electron chi connectivity index (χ1n) is 8.41. The number of hydrogen-bond acceptors (Lipinski definition) is 4. The first-order chi connectivity index (χ1) is 11.9. The van der Waals surface area contributed by atoms with Crippen LogP contribution in [0.3, 0.4) is 0 Å². The number of benzene rings is 1. The van der Waals surface area contributed by atoms with Gasteiger partial charge in [0.05, 0.1) is 22.8 Å². The molecule has 0 aliphatic carbocycles. The zero-order valence-corrected chi connectivity index (χ0v) is 16.4. The van der Waals surface area contributed by atoms with Crippen molar-refractivity contribution in [1.82, 2.24) is 10.2 Å². The number of carbonyl (C=O) groups excluding carboxylic acids is 2. The number of halogens is 1. The molecule has 1 N–H and O–H groups in total. The molecule has 1 aromatic rings. The van der Waals surface area contributed by atoms with Crippen LogP contribution in [-0.2, 0) is 9.53 Å². The van der Waals surface area contributed by atoms with Crippen molar-refractivity contribution in [2.45, 2.75) is 38.5 Å². The molecule has 5 nitrogen and oxygen atoms in total. The highest BCUT2D eigenvalue weighted by Crippen LogP contribution is 2.17. The molecule has 1 aliphatic rings. The summed E-state index contributed by atoms with van der Waals surface area (Å²) in [7, 11) is 0. The largest absolute Gasteiger partial charge is 0.372 e. The minimum atomic E-state index is -0.561. The lowest BCUT2D eigenvalue weighted by Crippen LogP contribution is -2.55. The van der Waals surface area contributed by atoms with Gasteiger partial charge in [-0.3, -0.25) is 9.59 Å². The molecule has 138 valence electrons. The number of rotatable bonds is 6. The zero-order valence-electron chi connectivity index (χ0n) is 14.8. The molecule has 25 heavy (non-hydrogen) atoms. The van der Waals surface area contributed by atoms with Crippen LogP contribution in [0.5, 0.6) is 0 Å². The van der Waals surface area contributed by atoms with Crippen LogP contribution in [0.15, 0.2) is 24.3 Å². The molecular weight excluding hydrogens is 360 g/mol. The minimum Gasteiger partial charge on any atom is -0.372 e. The van der Waals surface area contributed by atoms with Crippen LogP contribution in [-0.4, -0.2) is 60.1 Å². The maximum atomic E-state index is 13.0. The number of morpholine rings is 1. The van der Waals surface area contributed by atoms with Crippen molar-refractivity contribution in [2.24, 2.45) is 0 Å². The van der Waals surface area contributed by atoms with Gasteiger partial charge in [0.2, 0.25) is 5.91 Å². The van der Waals surface area contributed by atoms with E-state index in [0.29, 0.717) is 30.1 Å². The Hall–Kier alpha value is -1.24. The van der Waals surface area contributed by atoms with Crippen molar-refractivity contribution in [3.8, 4) is 0 Å². The summed E-state index contributed by atoms with van der Waals surface area (Å²) < 4.78 is 5.69. The van der Waals surface area contributed by atoms with Crippen LogP contribution < -0.4 is 5.32 Å². The smallest absolute Gasteiger partial charge is 0.253 e. The van der Waals surface area contributed by atoms with Crippen LogP contribution in [0, 0.1) is 0 Å². The molecule has 0 unspecified atom stereocenters. The number of thioether (sulfide) groups is 1. The lowest BCUT2D eigenvalue weighted by atomic mass is 10.1. The molecule has 1 heterocycles. The van der Waals surface area contributed by atoms with Gasteiger partial charge in [-0.25, -0.2) is 0 Å². The van der Waals surface area contributed by atoms with Crippen molar-refractivity contribution >= 4 is 35.2 Å². The Morgan fingerprint density at radius 2 is 1.96 bits per heavy atom. The van der Waals surface area contributed by atoms with E-state index < -0.39 is 6.04 Å². The highest BCUT2D eigenvalue weighted by Gasteiger charge is 2.31. The standard InChI is InChI=1S/C18H25ClN2O3S/c1-12-10-21(11-13(2)24-12)18(23)16(8-9-25-3)20-17(22)14-6-4-5-7-15(14)19/h4-7,12-13,16H,8-11H2,1-3H3,(H,20,22)/t12-,13-,16+/m0/s1. The summed E-state index contributed by atoms with van der Waals surface area (Å²) in [4.78, 5) is 27.3. The van der Waals surface area contributed by atoms with E-state index in [4.69, 9.17) is 16.3 Å². The van der Waals surface area contributed by atoms with Gasteiger partial charge in [0.25, 0.3) is 5.91 Å². The van der Waals surface area contributed by atoms with E-state index >= 15 is 0 Å². The lowest BCUT2D eigenvalue weighted by Gasteiger charge is -2.37. The maximum absolute atomic E-state index is 13.0. The van der Waals surface area contributed by atoms with Gasteiger partial charge < -0.3 is 15.0 Å². The zero-order chi connectivity index (χ0) is 18.4. The summed E-state index contributed by atoms with van der Waals surface area (Å²) >= 11 is 7.74. The van der Waals surface area contributed by atoms with E-state index in [9.17, 15) is 9.59 Å². The van der Waals surface area contributed by atoms with Gasteiger partial charge in [0, 0.05) is 13.1 Å². The number of nitrogens with one attached hydrogen (secondary N) is 1. The van der Waals surface area contributed by atoms with Gasteiger partial charge in [-0.2, -0.15) is 11.8 Å². The third-order valence-electron chi connectivity index (χ3n) is 4.06. The summed E-state index contributed by atoms with van der Waals surface area (Å²) in [6.45, 7) is 4.99. The molecule has 1 aromatic carbocycles. The number of carbonyl (C=O) groups is 2. The van der Waals surface area contributed by atoms with Gasteiger partial charge in [0.1, 0.15) is 6.04 Å². The normalized spacial score (nSPS) is 21.7. The fourth-order valence-corrected chi connectivity index (χ4v) is 3.65. The summed E-state index contributed by atoms with van der Waals surface area (Å²) in [6, 6.07) is 6.29. The molecule has 2 amide bonds. The van der Waals surface area contributed by atoms with E-state index in [1.165, 1.54) is 0 Å². The van der Waals surface area contributed by atoms with Gasteiger partial charge >= 0.3 is 0 Å². The monoisotopic (exact) mass is 384 g/mol. The summed E-state index contributed by atoms with van der Waals surface area (Å²) in [6.07, 6.45) is 2.55. The number of hydrogen-bond donors (Lipinski definition) is 1. The Morgan fingerprint density at radius 3 is 2.56 bits per heavy atom. The average molecular weight is 385 g/mol. The molecule has 2 rings (SSSR count). The van der Waals surface area contributed by atoms with Crippen LogP contribution in [0.1, 0.15) is 30.6 Å². The Balaban J connectivity index is 2.11. The second-order valence-corrected chi connectivity index (χ2v) is 7.68. The Kier molecular flexibility index (Phi) is 7.59. The Bertz CT molecular complexity index is 604. The van der Waals surface area contributed by atoms with Gasteiger partial charge in [-0.1, -0.05) is 23.7 Å². The molecule has 0 spiro atoms. The van der Waals surface area contributed by atoms with Gasteiger partial charge in [0.15, 0.2) is 0 Å². The first kappa shape index (κ1) is 20.1. The second kappa shape index (κ2) is 9.46. The average Bonchev–Trinajstić information content (AvgIpc) is 2.57. The lowest BCUT2D eigenvalue weighted by molar-refractivity contribution is -0.145. The van der Waals surface area contributed by atoms with Crippen molar-refractivity contribution in [2.75, 3.05) is 25.1 Å². The summed E-state index contributed by atoms with van der Waals surface area (Å²) in [5.74, 6) is 0.408. The van der Waals surface area contributed by atoms with E-state index in [-0.39, 0.29) is 24.0 Å². The summed E-state index contributed by atoms with van der Waals surface area (Å²) in [5, 5.41) is 3.25. The molecule has 0 saturated carbocycles. The highest BCUT2D eigenvalue weighted by molar-refractivity contribution is 7.98. The van der Waals surface area contributed by atoms with Gasteiger partial charge in [-0.05, 0) is 44.4 Å². The minimum absolute atomic E-state index is 0.00632. The molecule has 0 aromatic heterocycles.